The van der Waals surface area contributed by atoms with Crippen LogP contribution in [0.4, 0.5) is 5.69 Å². The summed E-state index contributed by atoms with van der Waals surface area (Å²) < 4.78 is 4.68. The molecule has 0 bridgehead atoms. The van der Waals surface area contributed by atoms with Gasteiger partial charge in [-0.3, -0.25) is 34.2 Å². The van der Waals surface area contributed by atoms with Crippen LogP contribution >= 0.6 is 0 Å². The molecular weight excluding hydrogens is 406 g/mol. The number of nitrogens with one attached hydrogen (secondary N) is 1. The lowest BCUT2D eigenvalue weighted by Gasteiger charge is -2.20. The lowest BCUT2D eigenvalue weighted by Crippen LogP contribution is -2.42. The number of aryl methyl sites for hydroxylation is 1. The quantitative estimate of drug-likeness (QED) is 0.310. The number of ether oxygens (including phenoxy) is 1. The van der Waals surface area contributed by atoms with E-state index in [1.165, 1.54) is 19.2 Å². The molecule has 1 aliphatic rings. The molecule has 0 fully saturated rings. The Kier molecular flexibility index (Phi) is 6.10. The number of nitro groups is 1. The van der Waals surface area contributed by atoms with E-state index in [0.717, 1.165) is 11.6 Å². The Bertz CT molecular complexity index is 1080. The van der Waals surface area contributed by atoms with Crippen molar-refractivity contribution < 1.29 is 28.8 Å². The fraction of sp³-hybridized carbons (Fsp3) is 0.238. The number of esters is 1. The second kappa shape index (κ2) is 8.74. The summed E-state index contributed by atoms with van der Waals surface area (Å²) >= 11 is 0. The maximum atomic E-state index is 12.6. The smallest absolute Gasteiger partial charge is 0.307 e. The molecule has 3 rings (SSSR count). The molecule has 0 radical (unpaired) electrons. The first kappa shape index (κ1) is 21.6. The number of carbonyl (C=O) groups excluding carboxylic acids is 4. The third kappa shape index (κ3) is 4.42. The van der Waals surface area contributed by atoms with Crippen LogP contribution in [0.15, 0.2) is 42.5 Å². The first-order chi connectivity index (χ1) is 14.7. The number of carbonyl (C=O) groups is 4. The van der Waals surface area contributed by atoms with Crippen molar-refractivity contribution in [1.29, 1.82) is 0 Å². The number of hydrogen-bond donors (Lipinski definition) is 1. The summed E-state index contributed by atoms with van der Waals surface area (Å²) in [5.74, 6) is -2.96. The van der Waals surface area contributed by atoms with Gasteiger partial charge in [0.2, 0.25) is 5.91 Å². The normalized spacial score (nSPS) is 13.5. The van der Waals surface area contributed by atoms with E-state index in [9.17, 15) is 29.3 Å². The van der Waals surface area contributed by atoms with Gasteiger partial charge in [-0.15, -0.1) is 0 Å². The number of nitrogens with zero attached hydrogens (tertiary/aromatic N) is 2. The van der Waals surface area contributed by atoms with Crippen molar-refractivity contribution in [3.05, 3.63) is 74.8 Å². The molecule has 1 heterocycles. The van der Waals surface area contributed by atoms with Gasteiger partial charge in [0.05, 0.1) is 30.1 Å². The summed E-state index contributed by atoms with van der Waals surface area (Å²) in [6, 6.07) is 10.1. The van der Waals surface area contributed by atoms with E-state index in [2.05, 4.69) is 10.1 Å². The molecule has 0 saturated heterocycles. The lowest BCUT2D eigenvalue weighted by atomic mass is 10.0. The number of hydrogen-bond acceptors (Lipinski definition) is 7. The molecule has 2 aromatic carbocycles. The van der Waals surface area contributed by atoms with E-state index in [-0.39, 0.29) is 17.5 Å². The van der Waals surface area contributed by atoms with E-state index >= 15 is 0 Å². The van der Waals surface area contributed by atoms with E-state index in [1.807, 2.05) is 19.1 Å². The van der Waals surface area contributed by atoms with Crippen molar-refractivity contribution in [3.8, 4) is 0 Å². The third-order valence-electron chi connectivity index (χ3n) is 4.89. The summed E-state index contributed by atoms with van der Waals surface area (Å²) in [7, 11) is 1.22. The van der Waals surface area contributed by atoms with Crippen LogP contribution in [0.5, 0.6) is 0 Å². The van der Waals surface area contributed by atoms with Crippen LogP contribution in [-0.4, -0.2) is 47.2 Å². The maximum Gasteiger partial charge on any atom is 0.307 e. The van der Waals surface area contributed by atoms with Crippen LogP contribution in [-0.2, 0) is 14.3 Å². The predicted molar refractivity (Wildman–Crippen MR) is 107 cm³/mol. The summed E-state index contributed by atoms with van der Waals surface area (Å²) in [5.41, 5.74) is 0.662. The van der Waals surface area contributed by atoms with Crippen LogP contribution in [0.2, 0.25) is 0 Å². The molecule has 0 saturated carbocycles. The molecule has 1 N–H and O–H groups in total. The number of methoxy groups -OCH3 is 1. The van der Waals surface area contributed by atoms with Crippen LogP contribution in [0.3, 0.4) is 0 Å². The Morgan fingerprint density at radius 3 is 2.42 bits per heavy atom. The maximum absolute atomic E-state index is 12.6. The first-order valence-corrected chi connectivity index (χ1v) is 9.29. The molecule has 0 aromatic heterocycles. The minimum atomic E-state index is -0.915. The zero-order valence-electron chi connectivity index (χ0n) is 16.8. The summed E-state index contributed by atoms with van der Waals surface area (Å²) in [6.45, 7) is 1.24. The number of imide groups is 1. The third-order valence-corrected chi connectivity index (χ3v) is 4.89. The Hall–Kier alpha value is -4.08. The monoisotopic (exact) mass is 425 g/mol. The Morgan fingerprint density at radius 1 is 1.13 bits per heavy atom. The number of fused-ring (bicyclic) bond motifs is 1. The molecule has 160 valence electrons. The lowest BCUT2D eigenvalue weighted by molar-refractivity contribution is -0.385. The molecule has 31 heavy (non-hydrogen) atoms. The van der Waals surface area contributed by atoms with Crippen LogP contribution in [0.25, 0.3) is 0 Å². The van der Waals surface area contributed by atoms with E-state index in [0.29, 0.717) is 10.5 Å². The van der Waals surface area contributed by atoms with Gasteiger partial charge in [0.1, 0.15) is 12.1 Å². The Morgan fingerprint density at radius 2 is 1.81 bits per heavy atom. The average molecular weight is 425 g/mol. The molecule has 1 atom stereocenters. The van der Waals surface area contributed by atoms with Gasteiger partial charge in [-0.05, 0) is 18.6 Å². The van der Waals surface area contributed by atoms with Crippen LogP contribution in [0.1, 0.15) is 44.3 Å². The van der Waals surface area contributed by atoms with E-state index in [4.69, 9.17) is 0 Å². The Labute approximate surface area is 176 Å². The second-order valence-electron chi connectivity index (χ2n) is 6.96. The minimum Gasteiger partial charge on any atom is -0.469 e. The van der Waals surface area contributed by atoms with Gasteiger partial charge in [-0.1, -0.05) is 35.9 Å². The minimum absolute atomic E-state index is 0.128. The highest BCUT2D eigenvalue weighted by Crippen LogP contribution is 2.30. The van der Waals surface area contributed by atoms with E-state index in [1.54, 1.807) is 12.1 Å². The zero-order chi connectivity index (χ0) is 22.7. The largest absolute Gasteiger partial charge is 0.469 e. The number of amides is 3. The van der Waals surface area contributed by atoms with Crippen molar-refractivity contribution in [3.63, 3.8) is 0 Å². The highest BCUT2D eigenvalue weighted by atomic mass is 16.6. The number of nitro benzene ring substituents is 1. The van der Waals surface area contributed by atoms with Crippen molar-refractivity contribution >= 4 is 29.4 Å². The molecule has 0 aliphatic carbocycles. The van der Waals surface area contributed by atoms with Gasteiger partial charge >= 0.3 is 5.97 Å². The molecule has 1 aliphatic heterocycles. The summed E-state index contributed by atoms with van der Waals surface area (Å²) in [6.07, 6.45) is -0.154. The van der Waals surface area contributed by atoms with Crippen molar-refractivity contribution in [1.82, 2.24) is 10.2 Å². The van der Waals surface area contributed by atoms with Crippen molar-refractivity contribution in [2.45, 2.75) is 19.4 Å². The van der Waals surface area contributed by atoms with Gasteiger partial charge in [0, 0.05) is 6.07 Å². The number of benzene rings is 2. The van der Waals surface area contributed by atoms with Gasteiger partial charge in [-0.2, -0.15) is 0 Å². The van der Waals surface area contributed by atoms with Gasteiger partial charge in [0.25, 0.3) is 17.5 Å². The van der Waals surface area contributed by atoms with Crippen LogP contribution in [0, 0.1) is 17.0 Å². The highest BCUT2D eigenvalue weighted by molar-refractivity contribution is 6.24. The Balaban J connectivity index is 1.79. The zero-order valence-corrected chi connectivity index (χ0v) is 16.8. The van der Waals surface area contributed by atoms with Crippen molar-refractivity contribution in [2.75, 3.05) is 13.7 Å². The second-order valence-corrected chi connectivity index (χ2v) is 6.96. The molecule has 0 spiro atoms. The highest BCUT2D eigenvalue weighted by Gasteiger charge is 2.41. The molecule has 10 heteroatoms. The van der Waals surface area contributed by atoms with Crippen LogP contribution < -0.4 is 5.32 Å². The molecule has 3 amide bonds. The average Bonchev–Trinajstić information content (AvgIpc) is 2.98. The van der Waals surface area contributed by atoms with E-state index < -0.39 is 46.9 Å². The molecule has 1 unspecified atom stereocenters. The molecule has 2 aromatic rings. The fourth-order valence-electron chi connectivity index (χ4n) is 3.30. The topological polar surface area (TPSA) is 136 Å². The summed E-state index contributed by atoms with van der Waals surface area (Å²) in [4.78, 5) is 60.7. The van der Waals surface area contributed by atoms with Gasteiger partial charge < -0.3 is 10.1 Å². The molecule has 10 nitrogen and oxygen atoms in total. The summed E-state index contributed by atoms with van der Waals surface area (Å²) in [5, 5.41) is 13.8. The van der Waals surface area contributed by atoms with Gasteiger partial charge in [0.15, 0.2) is 0 Å². The predicted octanol–water partition coefficient (Wildman–Crippen LogP) is 1.92. The first-order valence-electron chi connectivity index (χ1n) is 9.29. The van der Waals surface area contributed by atoms with Crippen molar-refractivity contribution in [2.24, 2.45) is 0 Å². The van der Waals surface area contributed by atoms with Gasteiger partial charge in [-0.25, -0.2) is 0 Å². The standard InChI is InChI=1S/C21H19N3O7/c1-12-6-8-13(9-7-12)15(10-18(26)31-2)22-17(25)11-23-20(27)14-4-3-5-16(24(29)30)19(14)21(23)28/h3-9,15H,10-11H2,1-2H3,(H,22,25). The molecular formula is C21H19N3O7. The number of rotatable bonds is 7. The fourth-order valence-corrected chi connectivity index (χ4v) is 3.30. The SMILES string of the molecule is COC(=O)CC(NC(=O)CN1C(=O)c2cccc([N+](=O)[O-])c2C1=O)c1ccc(C)cc1.